The summed E-state index contributed by atoms with van der Waals surface area (Å²) in [6.45, 7) is 5.75. The van der Waals surface area contributed by atoms with Crippen LogP contribution < -0.4 is 0 Å². The van der Waals surface area contributed by atoms with Crippen LogP contribution in [0.25, 0.3) is 0 Å². The smallest absolute Gasteiger partial charge is 0.438 e. The third-order valence-corrected chi connectivity index (χ3v) is 3.36. The Kier molecular flexibility index (Phi) is 8.65. The molecule has 2 atom stereocenters. The van der Waals surface area contributed by atoms with E-state index < -0.39 is 6.16 Å². The Morgan fingerprint density at radius 3 is 2.68 bits per heavy atom. The maximum Gasteiger partial charge on any atom is 0.508 e. The summed E-state index contributed by atoms with van der Waals surface area (Å²) in [6.07, 6.45) is 6.26. The molecule has 4 heteroatoms. The van der Waals surface area contributed by atoms with Crippen LogP contribution >= 0.6 is 0 Å². The van der Waals surface area contributed by atoms with E-state index in [1.807, 2.05) is 24.4 Å². The molecule has 1 rings (SSSR count). The van der Waals surface area contributed by atoms with Gasteiger partial charge in [0, 0.05) is 0 Å². The Bertz CT molecular complexity index is 470. The number of hydrogen-bond acceptors (Lipinski definition) is 4. The number of hydrogen-bond donors (Lipinski definition) is 0. The van der Waals surface area contributed by atoms with Gasteiger partial charge in [-0.25, -0.2) is 4.79 Å². The van der Waals surface area contributed by atoms with Gasteiger partial charge >= 0.3 is 6.16 Å². The van der Waals surface area contributed by atoms with Gasteiger partial charge in [0.1, 0.15) is 6.10 Å². The van der Waals surface area contributed by atoms with Gasteiger partial charge in [0.2, 0.25) is 0 Å². The molecule has 22 heavy (non-hydrogen) atoms. The lowest BCUT2D eigenvalue weighted by Crippen LogP contribution is -2.15. The minimum atomic E-state index is -0.664. The van der Waals surface area contributed by atoms with Gasteiger partial charge in [-0.15, -0.1) is 0 Å². The van der Waals surface area contributed by atoms with Crippen LogP contribution in [-0.4, -0.2) is 25.6 Å². The lowest BCUT2D eigenvalue weighted by Gasteiger charge is -2.12. The highest BCUT2D eigenvalue weighted by Gasteiger charge is 2.10. The van der Waals surface area contributed by atoms with Crippen molar-refractivity contribution in [1.29, 1.82) is 0 Å². The minimum absolute atomic E-state index is 0.185. The van der Waals surface area contributed by atoms with Gasteiger partial charge < -0.3 is 9.47 Å². The third kappa shape index (κ3) is 7.07. The molecule has 0 aliphatic heterocycles. The van der Waals surface area contributed by atoms with Crippen molar-refractivity contribution < 1.29 is 14.3 Å². The predicted octanol–water partition coefficient (Wildman–Crippen LogP) is 4.72. The summed E-state index contributed by atoms with van der Waals surface area (Å²) < 4.78 is 9.50. The zero-order valence-corrected chi connectivity index (χ0v) is 13.4. The van der Waals surface area contributed by atoms with Gasteiger partial charge in [-0.1, -0.05) is 43.0 Å². The fraction of sp³-hybridized carbons (Fsp3) is 0.444. The Morgan fingerprint density at radius 2 is 2.05 bits per heavy atom. The lowest BCUT2D eigenvalue weighted by molar-refractivity contribution is 0.0494. The second-order valence-corrected chi connectivity index (χ2v) is 5.05. The van der Waals surface area contributed by atoms with Crippen LogP contribution in [-0.2, 0) is 9.47 Å². The van der Waals surface area contributed by atoms with E-state index in [4.69, 9.17) is 4.74 Å². The monoisotopic (exact) mass is 303 g/mol. The lowest BCUT2D eigenvalue weighted by atomic mass is 10.1. The average molecular weight is 303 g/mol. The maximum absolute atomic E-state index is 11.0. The molecule has 120 valence electrons. The number of methoxy groups -OCH3 is 1. The van der Waals surface area contributed by atoms with E-state index in [1.54, 1.807) is 6.08 Å². The van der Waals surface area contributed by atoms with Gasteiger partial charge in [-0.05, 0) is 44.4 Å². The molecule has 0 saturated carbocycles. The molecule has 1 aromatic rings. The van der Waals surface area contributed by atoms with Crippen molar-refractivity contribution in [2.75, 3.05) is 7.11 Å². The Hall–Kier alpha value is -2.10. The SMILES string of the molecule is C=CC(CCCCC=N[C@H](C)c1ccccc1)OC(=O)OC. The van der Waals surface area contributed by atoms with Gasteiger partial charge in [0.15, 0.2) is 0 Å². The molecular weight excluding hydrogens is 278 g/mol. The number of carbonyl (C=O) groups excluding carboxylic acids is 1. The Labute approximate surface area is 132 Å². The molecule has 1 unspecified atom stereocenters. The highest BCUT2D eigenvalue weighted by molar-refractivity contribution is 5.60. The molecular formula is C18H25NO3. The van der Waals surface area contributed by atoms with Gasteiger partial charge in [-0.3, -0.25) is 4.99 Å². The second kappa shape index (κ2) is 10.6. The van der Waals surface area contributed by atoms with Crippen molar-refractivity contribution >= 4 is 12.4 Å². The van der Waals surface area contributed by atoms with Gasteiger partial charge in [0.25, 0.3) is 0 Å². The largest absolute Gasteiger partial charge is 0.508 e. The van der Waals surface area contributed by atoms with Crippen LogP contribution in [0.4, 0.5) is 4.79 Å². The van der Waals surface area contributed by atoms with Crippen LogP contribution in [0.5, 0.6) is 0 Å². The number of benzene rings is 1. The number of carbonyl (C=O) groups is 1. The van der Waals surface area contributed by atoms with E-state index >= 15 is 0 Å². The van der Waals surface area contributed by atoms with Crippen molar-refractivity contribution in [3.8, 4) is 0 Å². The van der Waals surface area contributed by atoms with Crippen LogP contribution in [0.2, 0.25) is 0 Å². The van der Waals surface area contributed by atoms with Crippen LogP contribution in [0.1, 0.15) is 44.2 Å². The zero-order chi connectivity index (χ0) is 16.2. The molecule has 0 fully saturated rings. The first-order valence-corrected chi connectivity index (χ1v) is 7.61. The molecule has 0 saturated heterocycles. The number of ether oxygens (including phenoxy) is 2. The molecule has 0 N–H and O–H groups in total. The summed E-state index contributed by atoms with van der Waals surface area (Å²) in [5.74, 6) is 0. The van der Waals surface area contributed by atoms with Crippen molar-refractivity contribution in [3.63, 3.8) is 0 Å². The molecule has 1 aromatic carbocycles. The fourth-order valence-corrected chi connectivity index (χ4v) is 2.03. The van der Waals surface area contributed by atoms with E-state index in [1.165, 1.54) is 12.7 Å². The first kappa shape index (κ1) is 18.0. The molecule has 0 aliphatic carbocycles. The number of nitrogens with zero attached hydrogens (tertiary/aromatic N) is 1. The Morgan fingerprint density at radius 1 is 1.32 bits per heavy atom. The van der Waals surface area contributed by atoms with Crippen molar-refractivity contribution in [2.24, 2.45) is 4.99 Å². The van der Waals surface area contributed by atoms with Crippen molar-refractivity contribution in [2.45, 2.75) is 44.8 Å². The van der Waals surface area contributed by atoms with Crippen molar-refractivity contribution in [1.82, 2.24) is 0 Å². The highest BCUT2D eigenvalue weighted by atomic mass is 16.7. The maximum atomic E-state index is 11.0. The molecule has 0 amide bonds. The van der Waals surface area contributed by atoms with Gasteiger partial charge in [-0.2, -0.15) is 0 Å². The summed E-state index contributed by atoms with van der Waals surface area (Å²) in [4.78, 5) is 15.6. The summed E-state index contributed by atoms with van der Waals surface area (Å²) in [7, 11) is 1.30. The van der Waals surface area contributed by atoms with E-state index in [-0.39, 0.29) is 12.1 Å². The average Bonchev–Trinajstić information content (AvgIpc) is 2.57. The molecule has 0 heterocycles. The topological polar surface area (TPSA) is 47.9 Å². The third-order valence-electron chi connectivity index (χ3n) is 3.36. The normalized spacial score (nSPS) is 13.5. The number of rotatable bonds is 9. The molecule has 0 aromatic heterocycles. The molecule has 0 spiro atoms. The number of aliphatic imine (C=N–C) groups is 1. The van der Waals surface area contributed by atoms with Crippen LogP contribution in [0.3, 0.4) is 0 Å². The highest BCUT2D eigenvalue weighted by Crippen LogP contribution is 2.15. The van der Waals surface area contributed by atoms with E-state index in [2.05, 4.69) is 35.4 Å². The van der Waals surface area contributed by atoms with Crippen LogP contribution in [0, 0.1) is 0 Å². The first-order valence-electron chi connectivity index (χ1n) is 7.61. The predicted molar refractivity (Wildman–Crippen MR) is 89.3 cm³/mol. The minimum Gasteiger partial charge on any atom is -0.438 e. The van der Waals surface area contributed by atoms with Gasteiger partial charge in [0.05, 0.1) is 13.2 Å². The second-order valence-electron chi connectivity index (χ2n) is 5.05. The summed E-state index contributed by atoms with van der Waals surface area (Å²) in [5, 5.41) is 0. The standard InChI is InChI=1S/C18H25NO3/c1-4-17(22-18(20)21-3)13-9-6-10-14-19-15(2)16-11-7-5-8-12-16/h4-5,7-8,11-12,14-15,17H,1,6,9-10,13H2,2-3H3/t15-,17?/m1/s1. The summed E-state index contributed by atoms with van der Waals surface area (Å²) in [6, 6.07) is 10.4. The zero-order valence-electron chi connectivity index (χ0n) is 13.4. The first-order chi connectivity index (χ1) is 10.7. The molecule has 0 radical (unpaired) electrons. The summed E-state index contributed by atoms with van der Waals surface area (Å²) in [5.41, 5.74) is 1.22. The van der Waals surface area contributed by atoms with E-state index in [9.17, 15) is 4.79 Å². The fourth-order valence-electron chi connectivity index (χ4n) is 2.03. The van der Waals surface area contributed by atoms with Crippen LogP contribution in [0.15, 0.2) is 48.0 Å². The van der Waals surface area contributed by atoms with E-state index in [0.29, 0.717) is 0 Å². The molecule has 0 aliphatic rings. The summed E-state index contributed by atoms with van der Waals surface area (Å²) >= 11 is 0. The molecule has 0 bridgehead atoms. The quantitative estimate of drug-likeness (QED) is 0.287. The number of unbranched alkanes of at least 4 members (excludes halogenated alkanes) is 2. The molecule has 4 nitrogen and oxygen atoms in total. The van der Waals surface area contributed by atoms with Crippen molar-refractivity contribution in [3.05, 3.63) is 48.6 Å². The van der Waals surface area contributed by atoms with E-state index in [0.717, 1.165) is 25.7 Å². The Balaban J connectivity index is 2.20.